The number of hydrogen-bond donors (Lipinski definition) is 1. The van der Waals surface area contributed by atoms with E-state index < -0.39 is 6.04 Å². The van der Waals surface area contributed by atoms with Gasteiger partial charge in [0.05, 0.1) is 20.3 Å². The Balaban J connectivity index is 1.57. The molecule has 1 saturated heterocycles. The minimum absolute atomic E-state index is 0.0768. The van der Waals surface area contributed by atoms with Gasteiger partial charge >= 0.3 is 0 Å². The van der Waals surface area contributed by atoms with Crippen LogP contribution in [0.5, 0.6) is 11.5 Å². The number of carbonyl (C=O) groups is 2. The van der Waals surface area contributed by atoms with E-state index in [2.05, 4.69) is 0 Å². The Morgan fingerprint density at radius 3 is 2.17 bits per heavy atom. The number of rotatable bonds is 6. The SMILES string of the molecule is COc1ccc(C(=O)N2CCN(C(=O)C(N)Cc3ccccc3)CC2)cc1OC. The molecule has 2 aromatic rings. The molecule has 29 heavy (non-hydrogen) atoms. The average Bonchev–Trinajstić information content (AvgIpc) is 2.78. The van der Waals surface area contributed by atoms with Gasteiger partial charge in [-0.15, -0.1) is 0 Å². The highest BCUT2D eigenvalue weighted by atomic mass is 16.5. The van der Waals surface area contributed by atoms with Crippen molar-refractivity contribution >= 4 is 11.8 Å². The molecule has 1 fully saturated rings. The van der Waals surface area contributed by atoms with Crippen LogP contribution in [-0.4, -0.2) is 68.1 Å². The van der Waals surface area contributed by atoms with Crippen molar-refractivity contribution in [3.05, 3.63) is 59.7 Å². The highest BCUT2D eigenvalue weighted by Gasteiger charge is 2.28. The first kappa shape index (κ1) is 20.7. The molecule has 0 aliphatic carbocycles. The Hall–Kier alpha value is -3.06. The Morgan fingerprint density at radius 2 is 1.55 bits per heavy atom. The van der Waals surface area contributed by atoms with Crippen LogP contribution in [0.1, 0.15) is 15.9 Å². The van der Waals surface area contributed by atoms with Crippen molar-refractivity contribution in [2.24, 2.45) is 5.73 Å². The molecule has 0 saturated carbocycles. The lowest BCUT2D eigenvalue weighted by Gasteiger charge is -2.36. The molecule has 154 valence electrons. The van der Waals surface area contributed by atoms with Gasteiger partial charge in [0.15, 0.2) is 11.5 Å². The van der Waals surface area contributed by atoms with Crippen LogP contribution in [0.2, 0.25) is 0 Å². The molecule has 3 rings (SSSR count). The first-order chi connectivity index (χ1) is 14.0. The summed E-state index contributed by atoms with van der Waals surface area (Å²) in [6.07, 6.45) is 0.504. The average molecular weight is 397 g/mol. The number of amides is 2. The molecule has 1 atom stereocenters. The van der Waals surface area contributed by atoms with Crippen LogP contribution < -0.4 is 15.2 Å². The van der Waals surface area contributed by atoms with Gasteiger partial charge in [0, 0.05) is 31.7 Å². The number of nitrogens with zero attached hydrogens (tertiary/aromatic N) is 2. The van der Waals surface area contributed by atoms with E-state index in [1.54, 1.807) is 35.1 Å². The van der Waals surface area contributed by atoms with E-state index >= 15 is 0 Å². The standard InChI is InChI=1S/C22H27N3O4/c1-28-19-9-8-17(15-20(19)29-2)21(26)24-10-12-25(13-11-24)22(27)18(23)14-16-6-4-3-5-7-16/h3-9,15,18H,10-14,23H2,1-2H3. The third-order valence-electron chi connectivity index (χ3n) is 5.12. The van der Waals surface area contributed by atoms with Crippen molar-refractivity contribution in [2.45, 2.75) is 12.5 Å². The fourth-order valence-electron chi connectivity index (χ4n) is 3.47. The summed E-state index contributed by atoms with van der Waals surface area (Å²) in [5.74, 6) is 0.921. The van der Waals surface area contributed by atoms with Gasteiger partial charge in [0.25, 0.3) is 5.91 Å². The summed E-state index contributed by atoms with van der Waals surface area (Å²) in [5, 5.41) is 0. The summed E-state index contributed by atoms with van der Waals surface area (Å²) < 4.78 is 10.5. The van der Waals surface area contributed by atoms with E-state index in [9.17, 15) is 9.59 Å². The van der Waals surface area contributed by atoms with Crippen LogP contribution in [-0.2, 0) is 11.2 Å². The number of hydrogen-bond acceptors (Lipinski definition) is 5. The molecule has 0 bridgehead atoms. The van der Waals surface area contributed by atoms with Crippen molar-refractivity contribution in [3.8, 4) is 11.5 Å². The lowest BCUT2D eigenvalue weighted by Crippen LogP contribution is -2.54. The van der Waals surface area contributed by atoms with Gasteiger partial charge in [-0.25, -0.2) is 0 Å². The van der Waals surface area contributed by atoms with Gasteiger partial charge < -0.3 is 25.0 Å². The number of benzene rings is 2. The number of piperazine rings is 1. The van der Waals surface area contributed by atoms with Crippen LogP contribution in [0.3, 0.4) is 0 Å². The summed E-state index contributed by atoms with van der Waals surface area (Å²) in [6, 6.07) is 14.3. The van der Waals surface area contributed by atoms with Gasteiger partial charge in [-0.3, -0.25) is 9.59 Å². The first-order valence-corrected chi connectivity index (χ1v) is 9.63. The number of methoxy groups -OCH3 is 2. The maximum Gasteiger partial charge on any atom is 0.254 e. The van der Waals surface area contributed by atoms with E-state index in [0.29, 0.717) is 49.7 Å². The second-order valence-corrected chi connectivity index (χ2v) is 6.98. The highest BCUT2D eigenvalue weighted by Crippen LogP contribution is 2.28. The van der Waals surface area contributed by atoms with E-state index in [1.807, 2.05) is 30.3 Å². The van der Waals surface area contributed by atoms with Gasteiger partial charge in [0.2, 0.25) is 5.91 Å². The second-order valence-electron chi connectivity index (χ2n) is 6.98. The maximum atomic E-state index is 12.8. The Bertz CT molecular complexity index is 848. The Morgan fingerprint density at radius 1 is 0.931 bits per heavy atom. The predicted molar refractivity (Wildman–Crippen MR) is 110 cm³/mol. The van der Waals surface area contributed by atoms with Gasteiger partial charge in [0.1, 0.15) is 0 Å². The first-order valence-electron chi connectivity index (χ1n) is 9.63. The lowest BCUT2D eigenvalue weighted by atomic mass is 10.1. The summed E-state index contributed by atoms with van der Waals surface area (Å²) >= 11 is 0. The molecule has 2 N–H and O–H groups in total. The third kappa shape index (κ3) is 4.86. The zero-order chi connectivity index (χ0) is 20.8. The molecule has 0 radical (unpaired) electrons. The topological polar surface area (TPSA) is 85.1 Å². The van der Waals surface area contributed by atoms with Gasteiger partial charge in [-0.05, 0) is 30.2 Å². The zero-order valence-corrected chi connectivity index (χ0v) is 16.8. The molecule has 1 heterocycles. The molecule has 1 unspecified atom stereocenters. The molecule has 1 aliphatic heterocycles. The zero-order valence-electron chi connectivity index (χ0n) is 16.8. The molecule has 1 aliphatic rings. The molecule has 2 amide bonds. The molecule has 2 aromatic carbocycles. The van der Waals surface area contributed by atoms with Crippen LogP contribution in [0.25, 0.3) is 0 Å². The van der Waals surface area contributed by atoms with E-state index in [0.717, 1.165) is 5.56 Å². The highest BCUT2D eigenvalue weighted by molar-refractivity contribution is 5.95. The van der Waals surface area contributed by atoms with Crippen LogP contribution in [0.15, 0.2) is 48.5 Å². The van der Waals surface area contributed by atoms with Crippen molar-refractivity contribution in [1.82, 2.24) is 9.80 Å². The number of carbonyl (C=O) groups excluding carboxylic acids is 2. The van der Waals surface area contributed by atoms with Crippen molar-refractivity contribution in [3.63, 3.8) is 0 Å². The summed E-state index contributed by atoms with van der Waals surface area (Å²) in [5.41, 5.74) is 7.70. The summed E-state index contributed by atoms with van der Waals surface area (Å²) in [4.78, 5) is 29.0. The third-order valence-corrected chi connectivity index (χ3v) is 5.12. The fourth-order valence-corrected chi connectivity index (χ4v) is 3.47. The molecule has 7 heteroatoms. The monoisotopic (exact) mass is 397 g/mol. The van der Waals surface area contributed by atoms with Crippen LogP contribution in [0.4, 0.5) is 0 Å². The van der Waals surface area contributed by atoms with Gasteiger partial charge in [-0.1, -0.05) is 30.3 Å². The van der Waals surface area contributed by atoms with Gasteiger partial charge in [-0.2, -0.15) is 0 Å². The predicted octanol–water partition coefficient (Wildman–Crippen LogP) is 1.56. The van der Waals surface area contributed by atoms with E-state index in [-0.39, 0.29) is 11.8 Å². The molecule has 7 nitrogen and oxygen atoms in total. The minimum atomic E-state index is -0.578. The lowest BCUT2D eigenvalue weighted by molar-refractivity contribution is -0.134. The van der Waals surface area contributed by atoms with Crippen molar-refractivity contribution < 1.29 is 19.1 Å². The number of ether oxygens (including phenoxy) is 2. The smallest absolute Gasteiger partial charge is 0.254 e. The Kier molecular flexibility index (Phi) is 6.72. The summed E-state index contributed by atoms with van der Waals surface area (Å²) in [6.45, 7) is 1.88. The maximum absolute atomic E-state index is 12.8. The molecule has 0 spiro atoms. The van der Waals surface area contributed by atoms with E-state index in [1.165, 1.54) is 7.11 Å². The van der Waals surface area contributed by atoms with Crippen molar-refractivity contribution in [2.75, 3.05) is 40.4 Å². The molecule has 0 aromatic heterocycles. The van der Waals surface area contributed by atoms with Crippen LogP contribution in [0, 0.1) is 0 Å². The van der Waals surface area contributed by atoms with Crippen molar-refractivity contribution in [1.29, 1.82) is 0 Å². The fraction of sp³-hybridized carbons (Fsp3) is 0.364. The summed E-state index contributed by atoms with van der Waals surface area (Å²) in [7, 11) is 3.09. The minimum Gasteiger partial charge on any atom is -0.493 e. The molecular weight excluding hydrogens is 370 g/mol. The van der Waals surface area contributed by atoms with Crippen LogP contribution >= 0.6 is 0 Å². The van der Waals surface area contributed by atoms with E-state index in [4.69, 9.17) is 15.2 Å². The second kappa shape index (κ2) is 9.43. The normalized spacial score (nSPS) is 15.0. The Labute approximate surface area is 171 Å². The quantitative estimate of drug-likeness (QED) is 0.800. The number of nitrogens with two attached hydrogens (primary N) is 1. The largest absolute Gasteiger partial charge is 0.493 e. The molecular formula is C22H27N3O4.